The van der Waals surface area contributed by atoms with Crippen molar-refractivity contribution < 1.29 is 4.79 Å². The molecule has 3 rings (SSSR count). The van der Waals surface area contributed by atoms with E-state index in [0.717, 1.165) is 16.6 Å². The van der Waals surface area contributed by atoms with Gasteiger partial charge < -0.3 is 10.7 Å². The second-order valence-corrected chi connectivity index (χ2v) is 5.18. The van der Waals surface area contributed by atoms with Crippen LogP contribution < -0.4 is 5.73 Å². The predicted molar refractivity (Wildman–Crippen MR) is 74.2 cm³/mol. The summed E-state index contributed by atoms with van der Waals surface area (Å²) in [4.78, 5) is 23.8. The minimum atomic E-state index is -0.162. The summed E-state index contributed by atoms with van der Waals surface area (Å²) >= 11 is 1.32. The number of nitrogens with zero attached hydrogens (tertiary/aromatic N) is 2. The van der Waals surface area contributed by atoms with E-state index < -0.39 is 0 Å². The van der Waals surface area contributed by atoms with E-state index in [9.17, 15) is 4.79 Å². The van der Waals surface area contributed by atoms with Crippen LogP contribution >= 0.6 is 11.3 Å². The fraction of sp³-hybridized carbons (Fsp3) is 0.154. The molecule has 0 aliphatic carbocycles. The lowest BCUT2D eigenvalue weighted by Crippen LogP contribution is -2.06. The molecule has 0 fully saturated rings. The highest BCUT2D eigenvalue weighted by Crippen LogP contribution is 2.23. The van der Waals surface area contributed by atoms with Gasteiger partial charge in [-0.3, -0.25) is 9.78 Å². The normalized spacial score (nSPS) is 12.7. The summed E-state index contributed by atoms with van der Waals surface area (Å²) in [6.07, 6.45) is 5.06. The zero-order chi connectivity index (χ0) is 13.4. The van der Waals surface area contributed by atoms with Crippen LogP contribution in [0.25, 0.3) is 10.9 Å². The van der Waals surface area contributed by atoms with Gasteiger partial charge in [0.05, 0.1) is 23.0 Å². The van der Waals surface area contributed by atoms with Gasteiger partial charge in [0.2, 0.25) is 5.78 Å². The van der Waals surface area contributed by atoms with Crippen molar-refractivity contribution in [2.45, 2.75) is 13.0 Å². The Morgan fingerprint density at radius 3 is 3.11 bits per heavy atom. The number of H-pyrrole nitrogens is 1. The van der Waals surface area contributed by atoms with Crippen molar-refractivity contribution in [1.29, 1.82) is 0 Å². The molecular weight excluding hydrogens is 260 g/mol. The summed E-state index contributed by atoms with van der Waals surface area (Å²) in [6.45, 7) is 1.85. The molecule has 0 saturated carbocycles. The molecule has 3 aromatic heterocycles. The summed E-state index contributed by atoms with van der Waals surface area (Å²) in [7, 11) is 0. The molecule has 0 radical (unpaired) electrons. The second-order valence-electron chi connectivity index (χ2n) is 4.32. The molecule has 0 aromatic carbocycles. The first-order valence-corrected chi connectivity index (χ1v) is 6.71. The van der Waals surface area contributed by atoms with Crippen LogP contribution in [0.1, 0.15) is 34.0 Å². The monoisotopic (exact) mass is 272 g/mol. The van der Waals surface area contributed by atoms with Gasteiger partial charge in [-0.15, -0.1) is 11.3 Å². The second kappa shape index (κ2) is 4.56. The fourth-order valence-corrected chi connectivity index (χ4v) is 2.75. The minimum absolute atomic E-state index is 0.0886. The topological polar surface area (TPSA) is 84.7 Å². The van der Waals surface area contributed by atoms with E-state index in [4.69, 9.17) is 5.73 Å². The Kier molecular flexibility index (Phi) is 2.88. The first-order valence-electron chi connectivity index (χ1n) is 5.83. The van der Waals surface area contributed by atoms with Gasteiger partial charge in [0.15, 0.2) is 5.01 Å². The molecule has 0 aliphatic heterocycles. The van der Waals surface area contributed by atoms with E-state index in [1.54, 1.807) is 18.6 Å². The van der Waals surface area contributed by atoms with Gasteiger partial charge in [-0.25, -0.2) is 4.98 Å². The number of ketones is 1. The molecule has 96 valence electrons. The maximum absolute atomic E-state index is 12.4. The highest BCUT2D eigenvalue weighted by molar-refractivity contribution is 7.12. The Morgan fingerprint density at radius 2 is 2.37 bits per heavy atom. The fourth-order valence-electron chi connectivity index (χ4n) is 1.87. The summed E-state index contributed by atoms with van der Waals surface area (Å²) in [5, 5.41) is 3.15. The molecular formula is C13H12N4OS. The molecule has 1 atom stereocenters. The number of rotatable bonds is 3. The van der Waals surface area contributed by atoms with Crippen LogP contribution in [0.2, 0.25) is 0 Å². The van der Waals surface area contributed by atoms with Crippen LogP contribution in [0.5, 0.6) is 0 Å². The maximum atomic E-state index is 12.4. The SMILES string of the molecule is CC(N)c1csc(C(=O)c2c[nH]c3cnccc23)n1. The standard InChI is InChI=1S/C13H12N4OS/c1-7(14)11-6-19-13(17-11)12(18)9-4-16-10-5-15-3-2-8(9)10/h2-7,16H,14H2,1H3. The molecule has 6 heteroatoms. The molecule has 19 heavy (non-hydrogen) atoms. The number of pyridine rings is 1. The maximum Gasteiger partial charge on any atom is 0.223 e. The Hall–Kier alpha value is -2.05. The van der Waals surface area contributed by atoms with Gasteiger partial charge in [0.1, 0.15) is 0 Å². The van der Waals surface area contributed by atoms with Crippen LogP contribution in [-0.4, -0.2) is 20.7 Å². The van der Waals surface area contributed by atoms with Gasteiger partial charge in [-0.05, 0) is 13.0 Å². The lowest BCUT2D eigenvalue weighted by molar-refractivity contribution is 0.104. The highest BCUT2D eigenvalue weighted by Gasteiger charge is 2.18. The van der Waals surface area contributed by atoms with E-state index in [-0.39, 0.29) is 11.8 Å². The number of carbonyl (C=O) groups excluding carboxylic acids is 1. The van der Waals surface area contributed by atoms with Crippen molar-refractivity contribution in [2.75, 3.05) is 0 Å². The molecule has 1 unspecified atom stereocenters. The summed E-state index contributed by atoms with van der Waals surface area (Å²) in [5.74, 6) is -0.0886. The van der Waals surface area contributed by atoms with Crippen LogP contribution in [0, 0.1) is 0 Å². The first-order chi connectivity index (χ1) is 9.16. The minimum Gasteiger partial charge on any atom is -0.359 e. The number of fused-ring (bicyclic) bond motifs is 1. The number of hydrogen-bond acceptors (Lipinski definition) is 5. The Morgan fingerprint density at radius 1 is 1.53 bits per heavy atom. The van der Waals surface area contributed by atoms with Crippen molar-refractivity contribution in [1.82, 2.24) is 15.0 Å². The average Bonchev–Trinajstić information content (AvgIpc) is 3.05. The lowest BCUT2D eigenvalue weighted by Gasteiger charge is -1.98. The Labute approximate surface area is 113 Å². The van der Waals surface area contributed by atoms with Crippen LogP contribution in [-0.2, 0) is 0 Å². The molecule has 5 nitrogen and oxygen atoms in total. The number of nitrogens with one attached hydrogen (secondary N) is 1. The largest absolute Gasteiger partial charge is 0.359 e. The molecule has 0 amide bonds. The van der Waals surface area contributed by atoms with Gasteiger partial charge in [0, 0.05) is 29.2 Å². The third-order valence-electron chi connectivity index (χ3n) is 2.91. The number of hydrogen-bond donors (Lipinski definition) is 2. The zero-order valence-corrected chi connectivity index (χ0v) is 11.1. The predicted octanol–water partition coefficient (Wildman–Crippen LogP) is 2.27. The molecule has 0 saturated heterocycles. The van der Waals surface area contributed by atoms with Crippen molar-refractivity contribution in [3.8, 4) is 0 Å². The Balaban J connectivity index is 2.03. The average molecular weight is 272 g/mol. The quantitative estimate of drug-likeness (QED) is 0.716. The zero-order valence-electron chi connectivity index (χ0n) is 10.3. The van der Waals surface area contributed by atoms with E-state index in [0.29, 0.717) is 10.6 Å². The summed E-state index contributed by atoms with van der Waals surface area (Å²) < 4.78 is 0. The molecule has 3 N–H and O–H groups in total. The number of nitrogens with two attached hydrogens (primary N) is 1. The van der Waals surface area contributed by atoms with Crippen molar-refractivity contribution in [3.63, 3.8) is 0 Å². The van der Waals surface area contributed by atoms with E-state index in [1.165, 1.54) is 11.3 Å². The number of aromatic nitrogens is 3. The smallest absolute Gasteiger partial charge is 0.223 e. The highest BCUT2D eigenvalue weighted by atomic mass is 32.1. The number of thiazole rings is 1. The Bertz CT molecular complexity index is 744. The number of carbonyl (C=O) groups is 1. The van der Waals surface area contributed by atoms with Crippen LogP contribution in [0.3, 0.4) is 0 Å². The summed E-state index contributed by atoms with van der Waals surface area (Å²) in [6, 6.07) is 1.66. The molecule has 3 heterocycles. The lowest BCUT2D eigenvalue weighted by atomic mass is 10.1. The number of aromatic amines is 1. The van der Waals surface area contributed by atoms with Gasteiger partial charge in [-0.2, -0.15) is 0 Å². The third-order valence-corrected chi connectivity index (χ3v) is 3.77. The molecule has 0 aliphatic rings. The van der Waals surface area contributed by atoms with Crippen molar-refractivity contribution >= 4 is 28.0 Å². The van der Waals surface area contributed by atoms with Gasteiger partial charge in [0.25, 0.3) is 0 Å². The first kappa shape index (κ1) is 12.0. The van der Waals surface area contributed by atoms with E-state index >= 15 is 0 Å². The summed E-state index contributed by atoms with van der Waals surface area (Å²) in [5.41, 5.74) is 7.96. The van der Waals surface area contributed by atoms with Crippen molar-refractivity contribution in [3.05, 3.63) is 46.3 Å². The molecule has 3 aromatic rings. The van der Waals surface area contributed by atoms with Crippen molar-refractivity contribution in [2.24, 2.45) is 5.73 Å². The van der Waals surface area contributed by atoms with E-state index in [1.807, 2.05) is 18.4 Å². The van der Waals surface area contributed by atoms with Gasteiger partial charge >= 0.3 is 0 Å². The van der Waals surface area contributed by atoms with Crippen LogP contribution in [0.15, 0.2) is 30.0 Å². The van der Waals surface area contributed by atoms with Gasteiger partial charge in [-0.1, -0.05) is 0 Å². The molecule has 0 spiro atoms. The third kappa shape index (κ3) is 2.05. The van der Waals surface area contributed by atoms with E-state index in [2.05, 4.69) is 15.0 Å². The molecule has 0 bridgehead atoms. The van der Waals surface area contributed by atoms with Crippen LogP contribution in [0.4, 0.5) is 0 Å².